The number of aromatic nitrogens is 1. The van der Waals surface area contributed by atoms with Crippen molar-refractivity contribution in [2.45, 2.75) is 35.4 Å². The van der Waals surface area contributed by atoms with E-state index in [0.29, 0.717) is 16.1 Å². The van der Waals surface area contributed by atoms with Crippen LogP contribution in [0.25, 0.3) is 0 Å². The number of nitrogens with one attached hydrogen (secondary N) is 2. The van der Waals surface area contributed by atoms with Crippen molar-refractivity contribution >= 4 is 39.2 Å². The van der Waals surface area contributed by atoms with Crippen molar-refractivity contribution < 1.29 is 8.42 Å². The summed E-state index contributed by atoms with van der Waals surface area (Å²) in [6.45, 7) is 0. The molecule has 0 bridgehead atoms. The molecule has 0 spiro atoms. The maximum Gasteiger partial charge on any atom is 0.242 e. The summed E-state index contributed by atoms with van der Waals surface area (Å²) < 4.78 is 27.5. The number of halogens is 1. The molecule has 0 amide bonds. The molecule has 1 fully saturated rings. The minimum absolute atomic E-state index is 0.0160. The van der Waals surface area contributed by atoms with Gasteiger partial charge in [0.05, 0.1) is 5.02 Å². The monoisotopic (exact) mass is 335 g/mol. The molecule has 2 N–H and O–H groups in total. The molecule has 1 heterocycles. The molecular weight excluding hydrogens is 318 g/mol. The third-order valence-corrected chi connectivity index (χ3v) is 6.34. The normalized spacial score (nSPS) is 22.9. The summed E-state index contributed by atoms with van der Waals surface area (Å²) in [5.41, 5.74) is 0. The molecule has 1 aliphatic carbocycles. The minimum Gasteiger partial charge on any atom is -0.372 e. The molecule has 5 nitrogen and oxygen atoms in total. The number of thioether (sulfide) groups is 1. The molecule has 2 unspecified atom stereocenters. The van der Waals surface area contributed by atoms with Crippen molar-refractivity contribution in [3.63, 3.8) is 0 Å². The van der Waals surface area contributed by atoms with Gasteiger partial charge in [-0.25, -0.2) is 18.1 Å². The first-order valence-corrected chi connectivity index (χ1v) is 9.51. The van der Waals surface area contributed by atoms with Crippen LogP contribution in [-0.2, 0) is 10.0 Å². The zero-order valence-corrected chi connectivity index (χ0v) is 13.8. The van der Waals surface area contributed by atoms with Gasteiger partial charge in [0.1, 0.15) is 10.7 Å². The fraction of sp³-hybridized carbons (Fsp3) is 0.583. The Morgan fingerprint density at radius 1 is 1.45 bits per heavy atom. The molecule has 0 aliphatic heterocycles. The number of pyridine rings is 1. The van der Waals surface area contributed by atoms with E-state index in [1.807, 2.05) is 6.26 Å². The number of hydrogen-bond acceptors (Lipinski definition) is 5. The van der Waals surface area contributed by atoms with E-state index in [9.17, 15) is 8.42 Å². The zero-order valence-electron chi connectivity index (χ0n) is 11.4. The van der Waals surface area contributed by atoms with Crippen LogP contribution in [0, 0.1) is 0 Å². The van der Waals surface area contributed by atoms with Crippen molar-refractivity contribution in [2.24, 2.45) is 0 Å². The molecule has 1 aromatic rings. The third-order valence-electron chi connectivity index (χ3n) is 3.43. The summed E-state index contributed by atoms with van der Waals surface area (Å²) in [5.74, 6) is 0.466. The molecule has 1 aliphatic rings. The first-order chi connectivity index (χ1) is 9.47. The van der Waals surface area contributed by atoms with Crippen molar-refractivity contribution in [3.05, 3.63) is 17.3 Å². The highest BCUT2D eigenvalue weighted by Crippen LogP contribution is 2.30. The van der Waals surface area contributed by atoms with Crippen molar-refractivity contribution in [1.29, 1.82) is 0 Å². The fourth-order valence-electron chi connectivity index (χ4n) is 2.36. The van der Waals surface area contributed by atoms with Crippen LogP contribution in [0.1, 0.15) is 19.3 Å². The Labute approximate surface area is 128 Å². The zero-order chi connectivity index (χ0) is 14.8. The quantitative estimate of drug-likeness (QED) is 0.864. The average molecular weight is 336 g/mol. The first kappa shape index (κ1) is 15.9. The second-order valence-electron chi connectivity index (χ2n) is 4.68. The smallest absolute Gasteiger partial charge is 0.242 e. The number of anilines is 1. The van der Waals surface area contributed by atoms with Gasteiger partial charge in [-0.2, -0.15) is 11.8 Å². The van der Waals surface area contributed by atoms with Crippen LogP contribution in [0.2, 0.25) is 5.02 Å². The summed E-state index contributed by atoms with van der Waals surface area (Å²) in [6.07, 6.45) is 6.31. The van der Waals surface area contributed by atoms with Crippen LogP contribution in [0.4, 0.5) is 5.82 Å². The number of nitrogens with zero attached hydrogens (tertiary/aromatic N) is 1. The van der Waals surface area contributed by atoms with E-state index >= 15 is 0 Å². The van der Waals surface area contributed by atoms with Gasteiger partial charge in [-0.1, -0.05) is 18.0 Å². The molecule has 0 aromatic carbocycles. The molecule has 0 radical (unpaired) electrons. The summed E-state index contributed by atoms with van der Waals surface area (Å²) in [6, 6.07) is 1.41. The van der Waals surface area contributed by atoms with Crippen LogP contribution < -0.4 is 10.0 Å². The van der Waals surface area contributed by atoms with E-state index < -0.39 is 10.0 Å². The Morgan fingerprint density at radius 3 is 2.80 bits per heavy atom. The molecule has 2 rings (SSSR count). The standard InChI is InChI=1S/C12H18ClN3O2S2/c1-14-12-9(13)6-8(7-15-12)20(17,18)16-10-4-3-5-11(10)19-2/h6-7,10-11,16H,3-5H2,1-2H3,(H,14,15). The van der Waals surface area contributed by atoms with E-state index in [-0.39, 0.29) is 10.9 Å². The lowest BCUT2D eigenvalue weighted by molar-refractivity contribution is 0.555. The fourth-order valence-corrected chi connectivity index (χ4v) is 4.99. The highest BCUT2D eigenvalue weighted by Gasteiger charge is 2.31. The van der Waals surface area contributed by atoms with Gasteiger partial charge in [0.25, 0.3) is 0 Å². The predicted molar refractivity (Wildman–Crippen MR) is 84.1 cm³/mol. The SMILES string of the molecule is CNc1ncc(S(=O)(=O)NC2CCCC2SC)cc1Cl. The average Bonchev–Trinajstić information content (AvgIpc) is 2.85. The lowest BCUT2D eigenvalue weighted by atomic mass is 10.3. The molecular formula is C12H18ClN3O2S2. The topological polar surface area (TPSA) is 71.1 Å². The van der Waals surface area contributed by atoms with Crippen LogP contribution >= 0.6 is 23.4 Å². The Hall–Kier alpha value is -0.500. The van der Waals surface area contributed by atoms with Crippen LogP contribution in [-0.4, -0.2) is 38.0 Å². The van der Waals surface area contributed by atoms with Crippen molar-refractivity contribution in [2.75, 3.05) is 18.6 Å². The van der Waals surface area contributed by atoms with Gasteiger partial charge in [0, 0.05) is 24.5 Å². The van der Waals surface area contributed by atoms with E-state index in [4.69, 9.17) is 11.6 Å². The van der Waals surface area contributed by atoms with Gasteiger partial charge in [0.15, 0.2) is 0 Å². The maximum atomic E-state index is 12.4. The highest BCUT2D eigenvalue weighted by molar-refractivity contribution is 7.99. The Kier molecular flexibility index (Phi) is 5.17. The largest absolute Gasteiger partial charge is 0.372 e. The van der Waals surface area contributed by atoms with Gasteiger partial charge < -0.3 is 5.32 Å². The van der Waals surface area contributed by atoms with E-state index in [2.05, 4.69) is 15.0 Å². The predicted octanol–water partition coefficient (Wildman–Crippen LogP) is 2.34. The summed E-state index contributed by atoms with van der Waals surface area (Å²) in [7, 11) is -1.89. The molecule has 2 atom stereocenters. The first-order valence-electron chi connectivity index (χ1n) is 6.36. The van der Waals surface area contributed by atoms with E-state index in [1.54, 1.807) is 18.8 Å². The van der Waals surface area contributed by atoms with Gasteiger partial charge in [-0.15, -0.1) is 0 Å². The lowest BCUT2D eigenvalue weighted by Crippen LogP contribution is -2.38. The maximum absolute atomic E-state index is 12.4. The second-order valence-corrected chi connectivity index (χ2v) is 7.88. The second kappa shape index (κ2) is 6.51. The van der Waals surface area contributed by atoms with Gasteiger partial charge in [-0.3, -0.25) is 0 Å². The summed E-state index contributed by atoms with van der Waals surface area (Å²) >= 11 is 7.69. The summed E-state index contributed by atoms with van der Waals surface area (Å²) in [5, 5.41) is 3.43. The number of rotatable bonds is 5. The van der Waals surface area contributed by atoms with E-state index in [0.717, 1.165) is 19.3 Å². The Morgan fingerprint density at radius 2 is 2.20 bits per heavy atom. The third kappa shape index (κ3) is 3.39. The number of hydrogen-bond donors (Lipinski definition) is 2. The molecule has 0 saturated heterocycles. The molecule has 112 valence electrons. The molecule has 8 heteroatoms. The van der Waals surface area contributed by atoms with Crippen molar-refractivity contribution in [3.8, 4) is 0 Å². The lowest BCUT2D eigenvalue weighted by Gasteiger charge is -2.19. The van der Waals surface area contributed by atoms with Gasteiger partial charge in [0.2, 0.25) is 10.0 Å². The minimum atomic E-state index is -3.57. The van der Waals surface area contributed by atoms with Gasteiger partial charge in [-0.05, 0) is 25.2 Å². The van der Waals surface area contributed by atoms with Crippen LogP contribution in [0.5, 0.6) is 0 Å². The van der Waals surface area contributed by atoms with Crippen molar-refractivity contribution in [1.82, 2.24) is 9.71 Å². The number of sulfonamides is 1. The van der Waals surface area contributed by atoms with Crippen LogP contribution in [0.3, 0.4) is 0 Å². The Bertz CT molecular complexity index is 580. The van der Waals surface area contributed by atoms with E-state index in [1.165, 1.54) is 12.3 Å². The molecule has 1 aromatic heterocycles. The van der Waals surface area contributed by atoms with Gasteiger partial charge >= 0.3 is 0 Å². The summed E-state index contributed by atoms with van der Waals surface area (Å²) in [4.78, 5) is 4.11. The van der Waals surface area contributed by atoms with Crippen LogP contribution in [0.15, 0.2) is 17.2 Å². The molecule has 20 heavy (non-hydrogen) atoms. The molecule has 1 saturated carbocycles. The highest BCUT2D eigenvalue weighted by atomic mass is 35.5. The Balaban J connectivity index is 2.20.